The quantitative estimate of drug-likeness (QED) is 0.865. The van der Waals surface area contributed by atoms with E-state index < -0.39 is 32.3 Å². The second-order valence-corrected chi connectivity index (χ2v) is 7.23. The third kappa shape index (κ3) is 2.25. The Kier molecular flexibility index (Phi) is 3.38. The van der Waals surface area contributed by atoms with Crippen molar-refractivity contribution in [2.45, 2.75) is 36.3 Å². The molecule has 0 aromatic heterocycles. The molecular formula is C13H15FO4S. The van der Waals surface area contributed by atoms with Crippen molar-refractivity contribution in [2.75, 3.05) is 0 Å². The van der Waals surface area contributed by atoms with Crippen LogP contribution >= 0.6 is 0 Å². The number of rotatable bonds is 3. The molecule has 1 saturated carbocycles. The topological polar surface area (TPSA) is 71.4 Å². The Balaban J connectivity index is 2.45. The lowest BCUT2D eigenvalue weighted by Gasteiger charge is -2.26. The summed E-state index contributed by atoms with van der Waals surface area (Å²) in [5.41, 5.74) is -1.27. The summed E-state index contributed by atoms with van der Waals surface area (Å²) < 4.78 is 37.8. The zero-order chi connectivity index (χ0) is 14.3. The van der Waals surface area contributed by atoms with Gasteiger partial charge in [-0.3, -0.25) is 4.79 Å². The Labute approximate surface area is 111 Å². The van der Waals surface area contributed by atoms with Crippen LogP contribution in [0, 0.1) is 11.2 Å². The molecule has 4 nitrogen and oxygen atoms in total. The van der Waals surface area contributed by atoms with Crippen molar-refractivity contribution >= 4 is 15.8 Å². The fourth-order valence-corrected chi connectivity index (χ4v) is 4.89. The molecule has 1 fully saturated rings. The zero-order valence-electron chi connectivity index (χ0n) is 10.5. The molecule has 0 spiro atoms. The second-order valence-electron chi connectivity index (χ2n) is 5.10. The Morgan fingerprint density at radius 3 is 2.47 bits per heavy atom. The molecule has 1 aliphatic carbocycles. The number of halogens is 1. The van der Waals surface area contributed by atoms with Gasteiger partial charge >= 0.3 is 5.97 Å². The molecule has 1 aromatic carbocycles. The molecule has 2 atom stereocenters. The summed E-state index contributed by atoms with van der Waals surface area (Å²) in [7, 11) is -3.76. The van der Waals surface area contributed by atoms with Gasteiger partial charge in [0.2, 0.25) is 0 Å². The van der Waals surface area contributed by atoms with Crippen molar-refractivity contribution in [2.24, 2.45) is 5.41 Å². The van der Waals surface area contributed by atoms with Gasteiger partial charge in [0.05, 0.1) is 15.6 Å². The van der Waals surface area contributed by atoms with Gasteiger partial charge in [-0.2, -0.15) is 0 Å². The third-order valence-electron chi connectivity index (χ3n) is 3.88. The predicted octanol–water partition coefficient (Wildman–Crippen LogP) is 2.24. The van der Waals surface area contributed by atoms with Crippen molar-refractivity contribution in [3.05, 3.63) is 30.1 Å². The first-order valence-corrected chi connectivity index (χ1v) is 7.56. The molecule has 0 heterocycles. The van der Waals surface area contributed by atoms with E-state index in [4.69, 9.17) is 0 Å². The molecule has 0 aliphatic heterocycles. The minimum atomic E-state index is -3.76. The molecule has 0 bridgehead atoms. The largest absolute Gasteiger partial charge is 0.481 e. The average molecular weight is 286 g/mol. The van der Waals surface area contributed by atoms with E-state index in [0.29, 0.717) is 19.3 Å². The van der Waals surface area contributed by atoms with Crippen LogP contribution in [-0.2, 0) is 14.6 Å². The van der Waals surface area contributed by atoms with Crippen molar-refractivity contribution in [3.8, 4) is 0 Å². The molecule has 2 unspecified atom stereocenters. The van der Waals surface area contributed by atoms with Crippen molar-refractivity contribution < 1.29 is 22.7 Å². The molecule has 19 heavy (non-hydrogen) atoms. The van der Waals surface area contributed by atoms with Gasteiger partial charge in [0, 0.05) is 0 Å². The first-order chi connectivity index (χ1) is 8.78. The summed E-state index contributed by atoms with van der Waals surface area (Å²) >= 11 is 0. The van der Waals surface area contributed by atoms with Gasteiger partial charge < -0.3 is 5.11 Å². The van der Waals surface area contributed by atoms with E-state index in [0.717, 1.165) is 12.1 Å². The molecule has 104 valence electrons. The van der Waals surface area contributed by atoms with E-state index in [-0.39, 0.29) is 4.90 Å². The molecular weight excluding hydrogens is 271 g/mol. The van der Waals surface area contributed by atoms with Gasteiger partial charge in [-0.05, 0) is 44.0 Å². The zero-order valence-corrected chi connectivity index (χ0v) is 11.3. The van der Waals surface area contributed by atoms with Gasteiger partial charge in [-0.1, -0.05) is 6.42 Å². The number of hydrogen-bond acceptors (Lipinski definition) is 3. The van der Waals surface area contributed by atoms with E-state index in [1.165, 1.54) is 19.1 Å². The van der Waals surface area contributed by atoms with Crippen LogP contribution in [0.3, 0.4) is 0 Å². The SMILES string of the molecule is CC1(C(=O)O)CCCC1S(=O)(=O)c1ccc(F)cc1. The van der Waals surface area contributed by atoms with Gasteiger partial charge in [-0.25, -0.2) is 12.8 Å². The molecule has 0 radical (unpaired) electrons. The van der Waals surface area contributed by atoms with E-state index in [1.54, 1.807) is 0 Å². The van der Waals surface area contributed by atoms with Crippen LogP contribution in [0.15, 0.2) is 29.2 Å². The molecule has 1 aromatic rings. The molecule has 6 heteroatoms. The lowest BCUT2D eigenvalue weighted by Crippen LogP contribution is -2.40. The number of benzene rings is 1. The van der Waals surface area contributed by atoms with Gasteiger partial charge in [0.15, 0.2) is 9.84 Å². The Morgan fingerprint density at radius 2 is 1.95 bits per heavy atom. The smallest absolute Gasteiger partial charge is 0.310 e. The van der Waals surface area contributed by atoms with Crippen LogP contribution in [0.1, 0.15) is 26.2 Å². The Morgan fingerprint density at radius 1 is 1.37 bits per heavy atom. The first-order valence-electron chi connectivity index (χ1n) is 6.01. The molecule has 2 rings (SSSR count). The van der Waals surface area contributed by atoms with Crippen molar-refractivity contribution in [1.82, 2.24) is 0 Å². The minimum Gasteiger partial charge on any atom is -0.481 e. The Bertz CT molecular complexity index is 594. The molecule has 0 amide bonds. The van der Waals surface area contributed by atoms with Gasteiger partial charge in [-0.15, -0.1) is 0 Å². The monoisotopic (exact) mass is 286 g/mol. The van der Waals surface area contributed by atoms with Crippen LogP contribution in [0.25, 0.3) is 0 Å². The van der Waals surface area contributed by atoms with Crippen molar-refractivity contribution in [1.29, 1.82) is 0 Å². The highest BCUT2D eigenvalue weighted by atomic mass is 32.2. The van der Waals surface area contributed by atoms with E-state index in [2.05, 4.69) is 0 Å². The Hall–Kier alpha value is -1.43. The van der Waals surface area contributed by atoms with Crippen LogP contribution in [0.4, 0.5) is 4.39 Å². The van der Waals surface area contributed by atoms with Crippen LogP contribution in [-0.4, -0.2) is 24.7 Å². The van der Waals surface area contributed by atoms with E-state index in [9.17, 15) is 22.7 Å². The maximum Gasteiger partial charge on any atom is 0.310 e. The number of carboxylic acids is 1. The number of carboxylic acid groups (broad SMARTS) is 1. The summed E-state index contributed by atoms with van der Waals surface area (Å²) in [4.78, 5) is 11.3. The lowest BCUT2D eigenvalue weighted by molar-refractivity contribution is -0.147. The fraction of sp³-hybridized carbons (Fsp3) is 0.462. The highest BCUT2D eigenvalue weighted by Gasteiger charge is 2.51. The second kappa shape index (κ2) is 4.59. The van der Waals surface area contributed by atoms with E-state index in [1.807, 2.05) is 0 Å². The summed E-state index contributed by atoms with van der Waals surface area (Å²) in [6, 6.07) is 4.51. The normalized spacial score (nSPS) is 27.4. The van der Waals surface area contributed by atoms with Crippen LogP contribution in [0.2, 0.25) is 0 Å². The number of carbonyl (C=O) groups is 1. The minimum absolute atomic E-state index is 0.0201. The molecule has 1 N–H and O–H groups in total. The molecule has 1 aliphatic rings. The maximum atomic E-state index is 12.8. The number of hydrogen-bond donors (Lipinski definition) is 1. The average Bonchev–Trinajstić information content (AvgIpc) is 2.74. The summed E-state index contributed by atoms with van der Waals surface area (Å²) in [6.07, 6.45) is 1.23. The number of aliphatic carboxylic acids is 1. The first kappa shape index (κ1) is 14.0. The van der Waals surface area contributed by atoms with E-state index >= 15 is 0 Å². The fourth-order valence-electron chi connectivity index (χ4n) is 2.67. The standard InChI is InChI=1S/C13H15FO4S/c1-13(12(15)16)8-2-3-11(13)19(17,18)10-6-4-9(14)5-7-10/h4-7,11H,2-3,8H2,1H3,(H,15,16). The van der Waals surface area contributed by atoms with Crippen LogP contribution in [0.5, 0.6) is 0 Å². The molecule has 0 saturated heterocycles. The number of sulfone groups is 1. The maximum absolute atomic E-state index is 12.8. The lowest BCUT2D eigenvalue weighted by atomic mass is 9.89. The highest BCUT2D eigenvalue weighted by molar-refractivity contribution is 7.92. The van der Waals surface area contributed by atoms with Gasteiger partial charge in [0.25, 0.3) is 0 Å². The highest BCUT2D eigenvalue weighted by Crippen LogP contribution is 2.44. The van der Waals surface area contributed by atoms with Gasteiger partial charge in [0.1, 0.15) is 5.82 Å². The summed E-state index contributed by atoms with van der Waals surface area (Å²) in [5.74, 6) is -1.62. The third-order valence-corrected chi connectivity index (χ3v) is 6.31. The summed E-state index contributed by atoms with van der Waals surface area (Å²) in [5, 5.41) is 8.32. The van der Waals surface area contributed by atoms with Crippen LogP contribution < -0.4 is 0 Å². The predicted molar refractivity (Wildman–Crippen MR) is 67.0 cm³/mol. The van der Waals surface area contributed by atoms with Crippen molar-refractivity contribution in [3.63, 3.8) is 0 Å². The summed E-state index contributed by atoms with van der Waals surface area (Å²) in [6.45, 7) is 1.47.